The first-order chi connectivity index (χ1) is 8.41. The minimum Gasteiger partial charge on any atom is -0.0968 e. The molecule has 0 heteroatoms. The maximum Gasteiger partial charge on any atom is 0.0230 e. The molecule has 0 rings (SSSR count). The maximum atomic E-state index is 3.21. The SMILES string of the molecule is CC(C)(C)/C=C/C(C)(C)C.CC(C)(C)C#CC(C)(C)C. The largest absolute Gasteiger partial charge is 0.0968 e. The van der Waals surface area contributed by atoms with Gasteiger partial charge in [-0.3, -0.25) is 0 Å². The van der Waals surface area contributed by atoms with E-state index in [0.717, 1.165) is 0 Å². The van der Waals surface area contributed by atoms with Gasteiger partial charge in [0.25, 0.3) is 0 Å². The lowest BCUT2D eigenvalue weighted by molar-refractivity contribution is 0.502. The highest BCUT2D eigenvalue weighted by atomic mass is 14.1. The van der Waals surface area contributed by atoms with Crippen molar-refractivity contribution in [1.82, 2.24) is 0 Å². The Morgan fingerprint density at radius 2 is 0.650 bits per heavy atom. The molecule has 0 unspecified atom stereocenters. The van der Waals surface area contributed by atoms with Gasteiger partial charge in [0.2, 0.25) is 0 Å². The Morgan fingerprint density at radius 1 is 0.450 bits per heavy atom. The van der Waals surface area contributed by atoms with Gasteiger partial charge in [-0.1, -0.05) is 65.5 Å². The molecule has 0 aliphatic carbocycles. The second kappa shape index (κ2) is 7.35. The Bertz CT molecular complexity index is 309. The van der Waals surface area contributed by atoms with Crippen LogP contribution >= 0.6 is 0 Å². The summed E-state index contributed by atoms with van der Waals surface area (Å²) in [6.45, 7) is 26.1. The summed E-state index contributed by atoms with van der Waals surface area (Å²) in [5.74, 6) is 6.42. The average molecular weight is 279 g/mol. The molecule has 0 nitrogen and oxygen atoms in total. The minimum atomic E-state index is 0.146. The molecule has 0 atom stereocenters. The Labute approximate surface area is 129 Å². The van der Waals surface area contributed by atoms with Crippen molar-refractivity contribution < 1.29 is 0 Å². The van der Waals surface area contributed by atoms with Gasteiger partial charge in [-0.05, 0) is 52.4 Å². The van der Waals surface area contributed by atoms with E-state index >= 15 is 0 Å². The van der Waals surface area contributed by atoms with E-state index in [-0.39, 0.29) is 10.8 Å². The minimum absolute atomic E-state index is 0.146. The third kappa shape index (κ3) is 26.0. The van der Waals surface area contributed by atoms with E-state index < -0.39 is 0 Å². The first-order valence-corrected chi connectivity index (χ1v) is 7.66. The highest BCUT2D eigenvalue weighted by Gasteiger charge is 2.09. The lowest BCUT2D eigenvalue weighted by Crippen LogP contribution is -2.05. The van der Waals surface area contributed by atoms with Gasteiger partial charge in [-0.2, -0.15) is 0 Å². The first-order valence-electron chi connectivity index (χ1n) is 7.66. The summed E-state index contributed by atoms with van der Waals surface area (Å²) in [6, 6.07) is 0. The van der Waals surface area contributed by atoms with Crippen LogP contribution in [0, 0.1) is 33.5 Å². The molecule has 20 heavy (non-hydrogen) atoms. The number of allylic oxidation sites excluding steroid dienone is 2. The molecule has 0 N–H and O–H groups in total. The molecular weight excluding hydrogens is 240 g/mol. The number of rotatable bonds is 0. The van der Waals surface area contributed by atoms with Crippen molar-refractivity contribution in [1.29, 1.82) is 0 Å². The van der Waals surface area contributed by atoms with Crippen LogP contribution in [0.4, 0.5) is 0 Å². The second-order valence-electron chi connectivity index (χ2n) is 9.82. The summed E-state index contributed by atoms with van der Waals surface area (Å²) < 4.78 is 0. The molecule has 0 aliphatic heterocycles. The zero-order valence-electron chi connectivity index (χ0n) is 16.2. The smallest absolute Gasteiger partial charge is 0.0230 e. The van der Waals surface area contributed by atoms with Crippen LogP contribution in [0.25, 0.3) is 0 Å². The average Bonchev–Trinajstić information content (AvgIpc) is 2.09. The van der Waals surface area contributed by atoms with Crippen molar-refractivity contribution in [3.8, 4) is 11.8 Å². The zero-order valence-corrected chi connectivity index (χ0v) is 16.2. The first kappa shape index (κ1) is 21.6. The van der Waals surface area contributed by atoms with Crippen LogP contribution in [0.1, 0.15) is 83.1 Å². The Balaban J connectivity index is 0. The summed E-state index contributed by atoms with van der Waals surface area (Å²) in [5.41, 5.74) is 0.946. The molecule has 0 fully saturated rings. The Morgan fingerprint density at radius 3 is 0.750 bits per heavy atom. The third-order valence-electron chi connectivity index (χ3n) is 1.90. The van der Waals surface area contributed by atoms with Crippen LogP contribution in [0.5, 0.6) is 0 Å². The normalized spacial score (nSPS) is 13.4. The topological polar surface area (TPSA) is 0 Å². The molecule has 0 aliphatic rings. The Kier molecular flexibility index (Phi) is 7.94. The molecule has 118 valence electrons. The summed E-state index contributed by atoms with van der Waals surface area (Å²) >= 11 is 0. The summed E-state index contributed by atoms with van der Waals surface area (Å²) in [4.78, 5) is 0. The number of hydrogen-bond donors (Lipinski definition) is 0. The summed E-state index contributed by atoms with van der Waals surface area (Å²) in [7, 11) is 0. The van der Waals surface area contributed by atoms with Crippen molar-refractivity contribution in [2.24, 2.45) is 21.7 Å². The lowest BCUT2D eigenvalue weighted by Gasteiger charge is -2.17. The molecule has 0 radical (unpaired) electrons. The standard InChI is InChI=1S/C10H20.C10H18/c2*1-9(2,3)7-8-10(4,5)6/h7-8H,1-6H3;1-6H3/b8-7+;. The molecule has 0 saturated heterocycles. The van der Waals surface area contributed by atoms with E-state index in [9.17, 15) is 0 Å². The molecule has 0 aromatic rings. The predicted octanol–water partition coefficient (Wildman–Crippen LogP) is 6.72. The molecule has 0 amide bonds. The predicted molar refractivity (Wildman–Crippen MR) is 94.7 cm³/mol. The van der Waals surface area contributed by atoms with Gasteiger partial charge in [-0.25, -0.2) is 0 Å². The number of hydrogen-bond acceptors (Lipinski definition) is 0. The van der Waals surface area contributed by atoms with Gasteiger partial charge in [0.15, 0.2) is 0 Å². The van der Waals surface area contributed by atoms with Crippen molar-refractivity contribution in [2.75, 3.05) is 0 Å². The highest BCUT2D eigenvalue weighted by Crippen LogP contribution is 2.21. The maximum absolute atomic E-state index is 3.21. The molecule has 0 heterocycles. The van der Waals surface area contributed by atoms with E-state index in [0.29, 0.717) is 10.8 Å². The van der Waals surface area contributed by atoms with Crippen molar-refractivity contribution in [2.45, 2.75) is 83.1 Å². The van der Waals surface area contributed by atoms with E-state index in [1.165, 1.54) is 0 Å². The third-order valence-corrected chi connectivity index (χ3v) is 1.90. The molecule has 0 saturated carbocycles. The fraction of sp³-hybridized carbons (Fsp3) is 0.800. The lowest BCUT2D eigenvalue weighted by atomic mass is 9.89. The van der Waals surface area contributed by atoms with Gasteiger partial charge >= 0.3 is 0 Å². The molecule has 0 spiro atoms. The molecule has 0 aromatic heterocycles. The van der Waals surface area contributed by atoms with Crippen LogP contribution in [0.3, 0.4) is 0 Å². The van der Waals surface area contributed by atoms with Crippen molar-refractivity contribution in [3.63, 3.8) is 0 Å². The van der Waals surface area contributed by atoms with Gasteiger partial charge in [0.05, 0.1) is 0 Å². The molecular formula is C20H38. The Hall–Kier alpha value is -0.700. The van der Waals surface area contributed by atoms with Crippen molar-refractivity contribution in [3.05, 3.63) is 12.2 Å². The van der Waals surface area contributed by atoms with E-state index in [1.54, 1.807) is 0 Å². The van der Waals surface area contributed by atoms with Gasteiger partial charge in [-0.15, -0.1) is 0 Å². The fourth-order valence-electron chi connectivity index (χ4n) is 0.875. The van der Waals surface area contributed by atoms with Gasteiger partial charge < -0.3 is 0 Å². The quantitative estimate of drug-likeness (QED) is 0.341. The van der Waals surface area contributed by atoms with Crippen LogP contribution in [0.15, 0.2) is 12.2 Å². The van der Waals surface area contributed by atoms with Crippen LogP contribution in [0.2, 0.25) is 0 Å². The van der Waals surface area contributed by atoms with E-state index in [1.807, 2.05) is 0 Å². The summed E-state index contributed by atoms with van der Waals surface area (Å²) in [6.07, 6.45) is 4.54. The van der Waals surface area contributed by atoms with Crippen molar-refractivity contribution >= 4 is 0 Å². The van der Waals surface area contributed by atoms with Crippen LogP contribution in [-0.4, -0.2) is 0 Å². The zero-order chi connectivity index (χ0) is 16.8. The highest BCUT2D eigenvalue weighted by molar-refractivity contribution is 5.12. The molecule has 0 bridgehead atoms. The monoisotopic (exact) mass is 278 g/mol. The van der Waals surface area contributed by atoms with Crippen LogP contribution in [-0.2, 0) is 0 Å². The van der Waals surface area contributed by atoms with Gasteiger partial charge in [0, 0.05) is 10.8 Å². The summed E-state index contributed by atoms with van der Waals surface area (Å²) in [5, 5.41) is 0. The molecule has 0 aromatic carbocycles. The van der Waals surface area contributed by atoms with E-state index in [2.05, 4.69) is 107 Å². The second-order valence-corrected chi connectivity index (χ2v) is 9.82. The van der Waals surface area contributed by atoms with E-state index in [4.69, 9.17) is 0 Å². The fourth-order valence-corrected chi connectivity index (χ4v) is 0.875. The van der Waals surface area contributed by atoms with Gasteiger partial charge in [0.1, 0.15) is 0 Å². The van der Waals surface area contributed by atoms with Crippen LogP contribution < -0.4 is 0 Å².